The van der Waals surface area contributed by atoms with Crippen LogP contribution in [0.1, 0.15) is 25.5 Å². The minimum Gasteiger partial charge on any atom is -0.378 e. The number of hydrogen-bond donors (Lipinski definition) is 1. The highest BCUT2D eigenvalue weighted by Crippen LogP contribution is 2.20. The molecule has 1 aromatic carbocycles. The second-order valence-corrected chi connectivity index (χ2v) is 4.12. The molecule has 0 saturated heterocycles. The first-order valence-corrected chi connectivity index (χ1v) is 5.84. The Bertz CT molecular complexity index is 537. The van der Waals surface area contributed by atoms with Crippen molar-refractivity contribution in [2.75, 3.05) is 5.32 Å². The average Bonchev–Trinajstić information content (AvgIpc) is 2.82. The predicted molar refractivity (Wildman–Crippen MR) is 66.3 cm³/mol. The molecule has 0 bridgehead atoms. The summed E-state index contributed by atoms with van der Waals surface area (Å²) in [6, 6.07) is 3.75. The summed E-state index contributed by atoms with van der Waals surface area (Å²) in [5.41, 5.74) is 1.55. The number of nitrogens with zero attached hydrogens (tertiary/aromatic N) is 2. The van der Waals surface area contributed by atoms with Crippen molar-refractivity contribution >= 4 is 5.69 Å². The van der Waals surface area contributed by atoms with Gasteiger partial charge in [0.2, 0.25) is 0 Å². The lowest BCUT2D eigenvalue weighted by Gasteiger charge is -2.13. The van der Waals surface area contributed by atoms with E-state index < -0.39 is 11.6 Å². The van der Waals surface area contributed by atoms with Gasteiger partial charge in [-0.25, -0.2) is 8.78 Å². The van der Waals surface area contributed by atoms with Crippen LogP contribution in [-0.4, -0.2) is 9.78 Å². The molecule has 96 valence electrons. The highest BCUT2D eigenvalue weighted by Gasteiger charge is 2.09. The van der Waals surface area contributed by atoms with Gasteiger partial charge in [-0.3, -0.25) is 4.68 Å². The molecule has 0 radical (unpaired) electrons. The molecule has 1 aromatic heterocycles. The van der Waals surface area contributed by atoms with Gasteiger partial charge < -0.3 is 5.32 Å². The number of anilines is 1. The second-order valence-electron chi connectivity index (χ2n) is 4.12. The van der Waals surface area contributed by atoms with Crippen molar-refractivity contribution in [3.05, 3.63) is 47.8 Å². The lowest BCUT2D eigenvalue weighted by molar-refractivity contribution is 0.509. The predicted octanol–water partition coefficient (Wildman–Crippen LogP) is 3.35. The maximum absolute atomic E-state index is 13.1. The smallest absolute Gasteiger partial charge is 0.160 e. The molecule has 1 heterocycles. The summed E-state index contributed by atoms with van der Waals surface area (Å²) in [6.45, 7) is 4.75. The van der Waals surface area contributed by atoms with Crippen molar-refractivity contribution in [1.82, 2.24) is 9.78 Å². The molecule has 0 fully saturated rings. The minimum absolute atomic E-state index is 0.0184. The third-order valence-corrected chi connectivity index (χ3v) is 2.78. The molecule has 1 atom stereocenters. The highest BCUT2D eigenvalue weighted by molar-refractivity contribution is 5.45. The maximum atomic E-state index is 13.1. The van der Waals surface area contributed by atoms with E-state index in [2.05, 4.69) is 10.4 Å². The topological polar surface area (TPSA) is 29.9 Å². The Hall–Kier alpha value is -1.91. The van der Waals surface area contributed by atoms with Crippen LogP contribution in [0.2, 0.25) is 0 Å². The zero-order valence-corrected chi connectivity index (χ0v) is 10.3. The Labute approximate surface area is 104 Å². The van der Waals surface area contributed by atoms with E-state index in [1.165, 1.54) is 6.07 Å². The van der Waals surface area contributed by atoms with Crippen molar-refractivity contribution in [2.45, 2.75) is 26.4 Å². The van der Waals surface area contributed by atoms with Gasteiger partial charge in [0.1, 0.15) is 0 Å². The number of nitrogens with one attached hydrogen (secondary N) is 1. The van der Waals surface area contributed by atoms with Crippen molar-refractivity contribution in [3.8, 4) is 0 Å². The molecule has 0 spiro atoms. The average molecular weight is 251 g/mol. The van der Waals surface area contributed by atoms with E-state index in [1.807, 2.05) is 24.7 Å². The molecular weight excluding hydrogens is 236 g/mol. The molecule has 2 rings (SSSR count). The largest absolute Gasteiger partial charge is 0.378 e. The molecule has 1 unspecified atom stereocenters. The van der Waals surface area contributed by atoms with E-state index >= 15 is 0 Å². The van der Waals surface area contributed by atoms with Gasteiger partial charge in [-0.05, 0) is 26.0 Å². The van der Waals surface area contributed by atoms with Crippen LogP contribution in [0.5, 0.6) is 0 Å². The number of rotatable bonds is 4. The van der Waals surface area contributed by atoms with Crippen LogP contribution in [-0.2, 0) is 6.54 Å². The summed E-state index contributed by atoms with van der Waals surface area (Å²) in [5, 5.41) is 7.28. The fourth-order valence-corrected chi connectivity index (χ4v) is 1.70. The summed E-state index contributed by atoms with van der Waals surface area (Å²) in [6.07, 6.45) is 3.69. The standard InChI is InChI=1S/C13H15F2N3/c1-3-18-8-10(7-16-18)9(2)17-11-4-5-12(14)13(15)6-11/h4-9,17H,3H2,1-2H3. The molecule has 0 aliphatic carbocycles. The Morgan fingerprint density at radius 2 is 2.11 bits per heavy atom. The SMILES string of the molecule is CCn1cc(C(C)Nc2ccc(F)c(F)c2)cn1. The van der Waals surface area contributed by atoms with Crippen LogP contribution in [0.15, 0.2) is 30.6 Å². The molecular formula is C13H15F2N3. The van der Waals surface area contributed by atoms with Crippen molar-refractivity contribution in [1.29, 1.82) is 0 Å². The summed E-state index contributed by atoms with van der Waals surface area (Å²) >= 11 is 0. The monoisotopic (exact) mass is 251 g/mol. The summed E-state index contributed by atoms with van der Waals surface area (Å²) in [5.74, 6) is -1.69. The molecule has 0 aliphatic rings. The zero-order valence-electron chi connectivity index (χ0n) is 10.3. The van der Waals surface area contributed by atoms with Gasteiger partial charge in [0, 0.05) is 30.1 Å². The quantitative estimate of drug-likeness (QED) is 0.903. The van der Waals surface area contributed by atoms with Crippen LogP contribution < -0.4 is 5.32 Å². The summed E-state index contributed by atoms with van der Waals surface area (Å²) in [7, 11) is 0. The number of halogens is 2. The van der Waals surface area contributed by atoms with Gasteiger partial charge >= 0.3 is 0 Å². The van der Waals surface area contributed by atoms with E-state index in [0.29, 0.717) is 5.69 Å². The van der Waals surface area contributed by atoms with Crippen LogP contribution in [0, 0.1) is 11.6 Å². The first-order chi connectivity index (χ1) is 8.60. The highest BCUT2D eigenvalue weighted by atomic mass is 19.2. The molecule has 0 aliphatic heterocycles. The fourth-order valence-electron chi connectivity index (χ4n) is 1.70. The number of benzene rings is 1. The van der Waals surface area contributed by atoms with Gasteiger partial charge in [-0.2, -0.15) is 5.10 Å². The van der Waals surface area contributed by atoms with E-state index in [9.17, 15) is 8.78 Å². The Morgan fingerprint density at radius 1 is 1.33 bits per heavy atom. The van der Waals surface area contributed by atoms with Crippen LogP contribution >= 0.6 is 0 Å². The van der Waals surface area contributed by atoms with Crippen molar-refractivity contribution in [2.24, 2.45) is 0 Å². The molecule has 1 N–H and O–H groups in total. The third-order valence-electron chi connectivity index (χ3n) is 2.78. The van der Waals surface area contributed by atoms with E-state index in [1.54, 1.807) is 6.20 Å². The van der Waals surface area contributed by atoms with E-state index in [0.717, 1.165) is 24.2 Å². The molecule has 2 aromatic rings. The first kappa shape index (κ1) is 12.5. The molecule has 0 amide bonds. The van der Waals surface area contributed by atoms with Crippen LogP contribution in [0.25, 0.3) is 0 Å². The lowest BCUT2D eigenvalue weighted by Crippen LogP contribution is -2.06. The summed E-state index contributed by atoms with van der Waals surface area (Å²) < 4.78 is 27.7. The van der Waals surface area contributed by atoms with Crippen LogP contribution in [0.3, 0.4) is 0 Å². The Kier molecular flexibility index (Phi) is 3.60. The first-order valence-electron chi connectivity index (χ1n) is 5.84. The minimum atomic E-state index is -0.851. The third kappa shape index (κ3) is 2.67. The molecule has 5 heteroatoms. The fraction of sp³-hybridized carbons (Fsp3) is 0.308. The molecule has 0 saturated carbocycles. The van der Waals surface area contributed by atoms with Crippen molar-refractivity contribution < 1.29 is 8.78 Å². The van der Waals surface area contributed by atoms with Crippen molar-refractivity contribution in [3.63, 3.8) is 0 Å². The Morgan fingerprint density at radius 3 is 2.72 bits per heavy atom. The van der Waals surface area contributed by atoms with Gasteiger partial charge in [0.05, 0.1) is 12.2 Å². The van der Waals surface area contributed by atoms with Crippen LogP contribution in [0.4, 0.5) is 14.5 Å². The van der Waals surface area contributed by atoms with Gasteiger partial charge in [-0.15, -0.1) is 0 Å². The molecule has 3 nitrogen and oxygen atoms in total. The number of aryl methyl sites for hydroxylation is 1. The van der Waals surface area contributed by atoms with E-state index in [4.69, 9.17) is 0 Å². The normalized spacial score (nSPS) is 12.4. The number of hydrogen-bond acceptors (Lipinski definition) is 2. The molecule has 18 heavy (non-hydrogen) atoms. The number of aromatic nitrogens is 2. The van der Waals surface area contributed by atoms with Gasteiger partial charge in [0.15, 0.2) is 11.6 Å². The Balaban J connectivity index is 2.10. The lowest BCUT2D eigenvalue weighted by atomic mass is 10.2. The van der Waals surface area contributed by atoms with Gasteiger partial charge in [0.25, 0.3) is 0 Å². The summed E-state index contributed by atoms with van der Waals surface area (Å²) in [4.78, 5) is 0. The maximum Gasteiger partial charge on any atom is 0.160 e. The van der Waals surface area contributed by atoms with Gasteiger partial charge in [-0.1, -0.05) is 0 Å². The zero-order chi connectivity index (χ0) is 13.1. The second kappa shape index (κ2) is 5.16. The van der Waals surface area contributed by atoms with E-state index in [-0.39, 0.29) is 6.04 Å².